The van der Waals surface area contributed by atoms with Gasteiger partial charge in [-0.05, 0) is 11.1 Å². The molecule has 2 aromatic heterocycles. The molecule has 4 rings (SSSR count). The van der Waals surface area contributed by atoms with E-state index >= 15 is 0 Å². The quantitative estimate of drug-likeness (QED) is 0.603. The highest BCUT2D eigenvalue weighted by molar-refractivity contribution is 6.16. The molecule has 0 aliphatic carbocycles. The van der Waals surface area contributed by atoms with Crippen molar-refractivity contribution < 1.29 is 0 Å². The van der Waals surface area contributed by atoms with Crippen LogP contribution in [0.15, 0.2) is 65.5 Å². The van der Waals surface area contributed by atoms with E-state index in [0.29, 0.717) is 24.1 Å². The zero-order valence-electron chi connectivity index (χ0n) is 13.8. The summed E-state index contributed by atoms with van der Waals surface area (Å²) in [5, 5.41) is 0. The minimum atomic E-state index is -0.420. The highest BCUT2D eigenvalue weighted by atomic mass is 35.5. The lowest BCUT2D eigenvalue weighted by molar-refractivity contribution is 0.758. The molecule has 2 heterocycles. The number of hydrogen-bond acceptors (Lipinski definition) is 4. The van der Waals surface area contributed by atoms with Crippen LogP contribution in [-0.2, 0) is 13.0 Å². The molecule has 0 aliphatic rings. The molecule has 0 radical (unpaired) electrons. The van der Waals surface area contributed by atoms with Gasteiger partial charge in [-0.15, -0.1) is 0 Å². The number of imidazole rings is 1. The third kappa shape index (κ3) is 2.95. The van der Waals surface area contributed by atoms with E-state index in [-0.39, 0.29) is 5.95 Å². The molecule has 0 spiro atoms. The molecule has 0 amide bonds. The molecule has 0 aliphatic heterocycles. The van der Waals surface area contributed by atoms with Crippen molar-refractivity contribution in [2.75, 3.05) is 5.73 Å². The monoisotopic (exact) mass is 365 g/mol. The number of nitrogens with zero attached hydrogens (tertiary/aromatic N) is 4. The Bertz CT molecular complexity index is 1120. The van der Waals surface area contributed by atoms with Gasteiger partial charge in [0, 0.05) is 24.7 Å². The van der Waals surface area contributed by atoms with E-state index in [2.05, 4.69) is 9.97 Å². The van der Waals surface area contributed by atoms with E-state index < -0.39 is 5.56 Å². The molecular formula is C19H16ClN5O. The van der Waals surface area contributed by atoms with Crippen LogP contribution in [0, 0.1) is 0 Å². The zero-order valence-corrected chi connectivity index (χ0v) is 14.6. The van der Waals surface area contributed by atoms with Crippen LogP contribution in [0.2, 0.25) is 0 Å². The number of halogens is 1. The Morgan fingerprint density at radius 2 is 1.54 bits per heavy atom. The number of nitrogens with two attached hydrogens (primary N) is 1. The number of benzene rings is 2. The second-order valence-electron chi connectivity index (χ2n) is 5.99. The van der Waals surface area contributed by atoms with Crippen molar-refractivity contribution in [1.82, 2.24) is 18.6 Å². The molecule has 0 atom stereocenters. The summed E-state index contributed by atoms with van der Waals surface area (Å²) in [5.41, 5.74) is 8.11. The molecular weight excluding hydrogens is 350 g/mol. The topological polar surface area (TPSA) is 78.7 Å². The maximum absolute atomic E-state index is 12.7. The predicted octanol–water partition coefficient (Wildman–Crippen LogP) is 2.82. The molecule has 2 aromatic carbocycles. The van der Waals surface area contributed by atoms with E-state index in [0.717, 1.165) is 21.0 Å². The van der Waals surface area contributed by atoms with E-state index in [1.807, 2.05) is 65.2 Å². The average Bonchev–Trinajstić information content (AvgIpc) is 2.98. The summed E-state index contributed by atoms with van der Waals surface area (Å²) in [6.07, 6.45) is 0.575. The standard InChI is InChI=1S/C19H16ClN5O/c20-25-18(26)16-17(23-19(25)21)22-15(11-13-7-3-1-4-8-13)24(16)12-14-9-5-2-6-10-14/h1-10H,11-12H2,(H2,21,23). The number of nitrogen functional groups attached to an aromatic ring is 1. The van der Waals surface area contributed by atoms with Gasteiger partial charge < -0.3 is 10.3 Å². The maximum atomic E-state index is 12.7. The summed E-state index contributed by atoms with van der Waals surface area (Å²) in [5.74, 6) is 0.668. The van der Waals surface area contributed by atoms with Crippen LogP contribution in [0.25, 0.3) is 11.2 Å². The summed E-state index contributed by atoms with van der Waals surface area (Å²) in [6, 6.07) is 19.8. The first-order chi connectivity index (χ1) is 12.6. The van der Waals surface area contributed by atoms with Crippen LogP contribution in [0.4, 0.5) is 5.95 Å². The maximum Gasteiger partial charge on any atom is 0.296 e. The third-order valence-corrected chi connectivity index (χ3v) is 4.55. The fourth-order valence-corrected chi connectivity index (χ4v) is 3.09. The molecule has 4 aromatic rings. The number of rotatable bonds is 4. The molecule has 6 nitrogen and oxygen atoms in total. The molecule has 0 saturated carbocycles. The summed E-state index contributed by atoms with van der Waals surface area (Å²) in [4.78, 5) is 21.4. The van der Waals surface area contributed by atoms with Crippen molar-refractivity contribution in [1.29, 1.82) is 0 Å². The van der Waals surface area contributed by atoms with Gasteiger partial charge in [-0.25, -0.2) is 4.98 Å². The molecule has 0 saturated heterocycles. The van der Waals surface area contributed by atoms with Gasteiger partial charge in [0.25, 0.3) is 5.56 Å². The third-order valence-electron chi connectivity index (χ3n) is 4.22. The molecule has 2 N–H and O–H groups in total. The molecule has 0 fully saturated rings. The summed E-state index contributed by atoms with van der Waals surface area (Å²) in [6.45, 7) is 0.497. The molecule has 0 bridgehead atoms. The highest BCUT2D eigenvalue weighted by Crippen LogP contribution is 2.18. The molecule has 0 unspecified atom stereocenters. The van der Waals surface area contributed by atoms with Crippen molar-refractivity contribution in [2.45, 2.75) is 13.0 Å². The van der Waals surface area contributed by atoms with Crippen molar-refractivity contribution in [3.05, 3.63) is 88.0 Å². The Kier molecular flexibility index (Phi) is 4.18. The fraction of sp³-hybridized carbons (Fsp3) is 0.105. The lowest BCUT2D eigenvalue weighted by Gasteiger charge is -2.09. The summed E-state index contributed by atoms with van der Waals surface area (Å²) >= 11 is 5.98. The van der Waals surface area contributed by atoms with Gasteiger partial charge in [0.05, 0.1) is 0 Å². The Morgan fingerprint density at radius 1 is 0.923 bits per heavy atom. The van der Waals surface area contributed by atoms with Gasteiger partial charge in [0.2, 0.25) is 5.95 Å². The van der Waals surface area contributed by atoms with Crippen molar-refractivity contribution in [3.63, 3.8) is 0 Å². The first-order valence-electron chi connectivity index (χ1n) is 8.15. The van der Waals surface area contributed by atoms with Gasteiger partial charge >= 0.3 is 0 Å². The van der Waals surface area contributed by atoms with Crippen molar-refractivity contribution in [3.8, 4) is 0 Å². The second-order valence-corrected chi connectivity index (χ2v) is 6.33. The zero-order chi connectivity index (χ0) is 18.1. The number of hydrogen-bond donors (Lipinski definition) is 1. The van der Waals surface area contributed by atoms with Crippen molar-refractivity contribution >= 4 is 28.9 Å². The van der Waals surface area contributed by atoms with Gasteiger partial charge in [-0.2, -0.15) is 9.07 Å². The van der Waals surface area contributed by atoms with E-state index in [4.69, 9.17) is 17.5 Å². The minimum Gasteiger partial charge on any atom is -0.368 e. The largest absolute Gasteiger partial charge is 0.368 e. The molecule has 130 valence electrons. The van der Waals surface area contributed by atoms with Crippen LogP contribution < -0.4 is 11.3 Å². The number of fused-ring (bicyclic) bond motifs is 1. The normalized spacial score (nSPS) is 11.1. The molecule has 7 heteroatoms. The predicted molar refractivity (Wildman–Crippen MR) is 102 cm³/mol. The van der Waals surface area contributed by atoms with Crippen molar-refractivity contribution in [2.24, 2.45) is 0 Å². The highest BCUT2D eigenvalue weighted by Gasteiger charge is 2.18. The van der Waals surface area contributed by atoms with Gasteiger partial charge in [0.15, 0.2) is 11.2 Å². The number of aromatic nitrogens is 4. The van der Waals surface area contributed by atoms with Gasteiger partial charge in [-0.1, -0.05) is 60.7 Å². The summed E-state index contributed by atoms with van der Waals surface area (Å²) < 4.78 is 2.70. The lowest BCUT2D eigenvalue weighted by atomic mass is 10.1. The van der Waals surface area contributed by atoms with Crippen LogP contribution in [0.1, 0.15) is 17.0 Å². The smallest absolute Gasteiger partial charge is 0.296 e. The van der Waals surface area contributed by atoms with Crippen LogP contribution >= 0.6 is 11.8 Å². The van der Waals surface area contributed by atoms with Gasteiger partial charge in [0.1, 0.15) is 5.82 Å². The molecule has 26 heavy (non-hydrogen) atoms. The van der Waals surface area contributed by atoms with Crippen LogP contribution in [0.5, 0.6) is 0 Å². The van der Waals surface area contributed by atoms with Crippen LogP contribution in [0.3, 0.4) is 0 Å². The van der Waals surface area contributed by atoms with Crippen LogP contribution in [-0.4, -0.2) is 18.6 Å². The Morgan fingerprint density at radius 3 is 2.19 bits per heavy atom. The fourth-order valence-electron chi connectivity index (χ4n) is 2.97. The second kappa shape index (κ2) is 6.65. The van der Waals surface area contributed by atoms with Gasteiger partial charge in [-0.3, -0.25) is 4.79 Å². The Hall–Kier alpha value is -3.12. The van der Waals surface area contributed by atoms with E-state index in [9.17, 15) is 4.79 Å². The lowest BCUT2D eigenvalue weighted by Crippen LogP contribution is -2.21. The average molecular weight is 366 g/mol. The first-order valence-corrected chi connectivity index (χ1v) is 8.49. The first kappa shape index (κ1) is 16.4. The van der Waals surface area contributed by atoms with E-state index in [1.54, 1.807) is 0 Å². The van der Waals surface area contributed by atoms with E-state index in [1.165, 1.54) is 0 Å². The SMILES string of the molecule is Nc1nc2nc(Cc3ccccc3)n(Cc3ccccc3)c2c(=O)n1Cl. The Balaban J connectivity index is 1.90. The summed E-state index contributed by atoms with van der Waals surface area (Å²) in [7, 11) is 0. The Labute approximate surface area is 154 Å². The minimum absolute atomic E-state index is 0.0696. The number of anilines is 1.